The summed E-state index contributed by atoms with van der Waals surface area (Å²) in [7, 11) is -3.22. The summed E-state index contributed by atoms with van der Waals surface area (Å²) < 4.78 is 47.0. The van der Waals surface area contributed by atoms with Crippen molar-refractivity contribution in [3.63, 3.8) is 0 Å². The Kier molecular flexibility index (Phi) is 11.1. The van der Waals surface area contributed by atoms with E-state index in [4.69, 9.17) is 29.2 Å². The van der Waals surface area contributed by atoms with E-state index in [-0.39, 0.29) is 32.1 Å². The fourth-order valence-corrected chi connectivity index (χ4v) is 8.44. The van der Waals surface area contributed by atoms with Crippen molar-refractivity contribution in [1.29, 1.82) is 0 Å². The van der Waals surface area contributed by atoms with Crippen LogP contribution in [0.25, 0.3) is 0 Å². The molecule has 0 saturated carbocycles. The molecule has 56 heavy (non-hydrogen) atoms. The van der Waals surface area contributed by atoms with Gasteiger partial charge in [0, 0.05) is 6.26 Å². The Balaban J connectivity index is 0.000000172. The summed E-state index contributed by atoms with van der Waals surface area (Å²) in [5, 5.41) is 18.7. The molecule has 288 valence electrons. The van der Waals surface area contributed by atoms with E-state index in [2.05, 4.69) is 29.0 Å². The Morgan fingerprint density at radius 1 is 0.768 bits per heavy atom. The third-order valence-electron chi connectivity index (χ3n) is 9.25. The molecule has 0 spiro atoms. The minimum atomic E-state index is -3.22. The van der Waals surface area contributed by atoms with Gasteiger partial charge in [0.1, 0.15) is 45.0 Å². The molecule has 2 aliphatic rings. The summed E-state index contributed by atoms with van der Waals surface area (Å²) in [5.74, 6) is 0.786. The summed E-state index contributed by atoms with van der Waals surface area (Å²) >= 11 is 2.00. The Labute approximate surface area is 330 Å². The number of nitrogens with zero attached hydrogens (tertiary/aromatic N) is 2. The molecule has 4 heterocycles. The number of carboxylic acid groups (broad SMARTS) is 2. The molecule has 0 fully saturated rings. The standard InChI is InChI=1S/C21H19NO4S.C20H17NO6S2/c1-12-5-3-4-6-16(12)18-9-7-14-11-15(8-10-17(14)26-18)25-21-22-13(2)19(27-21)20(23)24;1-29(24,25)15-6-2-12(3-7-15)16-8-4-13-10-14(5-9-17(13)27-16)26-20-21-11-18(28-20)19(22)23/h3-6,8,10-11,18H,7,9H2,1-2H3,(H,23,24);2-3,5-7,9-11,16H,4,8H2,1H3,(H,22,23). The van der Waals surface area contributed by atoms with Gasteiger partial charge in [0.25, 0.3) is 10.4 Å². The van der Waals surface area contributed by atoms with Gasteiger partial charge in [0.2, 0.25) is 0 Å². The van der Waals surface area contributed by atoms with Crippen LogP contribution in [0.2, 0.25) is 0 Å². The molecule has 2 aromatic heterocycles. The van der Waals surface area contributed by atoms with Gasteiger partial charge in [-0.2, -0.15) is 0 Å². The lowest BCUT2D eigenvalue weighted by atomic mass is 9.95. The van der Waals surface area contributed by atoms with Crippen molar-refractivity contribution in [1.82, 2.24) is 9.97 Å². The van der Waals surface area contributed by atoms with Crippen LogP contribution in [0.1, 0.15) is 77.9 Å². The van der Waals surface area contributed by atoms with Crippen molar-refractivity contribution < 1.29 is 47.2 Å². The van der Waals surface area contributed by atoms with Crippen molar-refractivity contribution in [2.45, 2.75) is 56.6 Å². The van der Waals surface area contributed by atoms with Crippen LogP contribution >= 0.6 is 22.7 Å². The number of aromatic nitrogens is 2. The quantitative estimate of drug-likeness (QED) is 0.142. The first-order valence-electron chi connectivity index (χ1n) is 17.5. The molecule has 2 aliphatic heterocycles. The van der Waals surface area contributed by atoms with Gasteiger partial charge < -0.3 is 29.2 Å². The lowest BCUT2D eigenvalue weighted by Gasteiger charge is -2.27. The summed E-state index contributed by atoms with van der Waals surface area (Å²) in [6.45, 7) is 3.77. The van der Waals surface area contributed by atoms with Crippen molar-refractivity contribution in [3.8, 4) is 33.4 Å². The Bertz CT molecular complexity index is 2530. The van der Waals surface area contributed by atoms with Gasteiger partial charge >= 0.3 is 11.9 Å². The molecule has 0 radical (unpaired) electrons. The van der Waals surface area contributed by atoms with Crippen LogP contribution in [0, 0.1) is 13.8 Å². The number of carboxylic acids is 2. The van der Waals surface area contributed by atoms with E-state index < -0.39 is 21.8 Å². The number of aromatic carboxylic acids is 2. The third-order valence-corrected chi connectivity index (χ3v) is 12.3. The van der Waals surface area contributed by atoms with E-state index >= 15 is 0 Å². The van der Waals surface area contributed by atoms with Gasteiger partial charge in [-0.15, -0.1) is 0 Å². The molecule has 15 heteroatoms. The predicted octanol–water partition coefficient (Wildman–Crippen LogP) is 9.42. The van der Waals surface area contributed by atoms with Crippen LogP contribution in [0.5, 0.6) is 33.4 Å². The van der Waals surface area contributed by atoms with Gasteiger partial charge in [-0.25, -0.2) is 28.0 Å². The molecule has 2 atom stereocenters. The Hall–Kier alpha value is -5.77. The molecule has 6 aromatic rings. The molecule has 2 N–H and O–H groups in total. The molecule has 12 nitrogen and oxygen atoms in total. The van der Waals surface area contributed by atoms with Gasteiger partial charge in [0.15, 0.2) is 9.84 Å². The number of carbonyl (C=O) groups is 2. The van der Waals surface area contributed by atoms with Crippen molar-refractivity contribution in [2.24, 2.45) is 0 Å². The van der Waals surface area contributed by atoms with Crippen LogP contribution in [-0.4, -0.2) is 46.8 Å². The average Bonchev–Trinajstić information content (AvgIpc) is 3.81. The fourth-order valence-electron chi connectivity index (χ4n) is 6.41. The normalized spacial score (nSPS) is 15.8. The largest absolute Gasteiger partial charge is 0.485 e. The SMILES string of the molecule is CS(=O)(=O)c1ccc(C2CCc3cc(Oc4ncc(C(=O)O)s4)ccc3O2)cc1.Cc1ccccc1C1CCc2cc(Oc3nc(C)c(C(=O)O)s3)ccc2O1. The highest BCUT2D eigenvalue weighted by Gasteiger charge is 2.25. The van der Waals surface area contributed by atoms with Crippen molar-refractivity contribution in [2.75, 3.05) is 6.26 Å². The maximum absolute atomic E-state index is 11.6. The van der Waals surface area contributed by atoms with Gasteiger partial charge in [-0.1, -0.05) is 59.1 Å². The molecule has 0 bridgehead atoms. The summed E-state index contributed by atoms with van der Waals surface area (Å²) in [6.07, 6.45) is 5.67. The predicted molar refractivity (Wildman–Crippen MR) is 210 cm³/mol. The van der Waals surface area contributed by atoms with Crippen LogP contribution < -0.4 is 18.9 Å². The second kappa shape index (κ2) is 16.1. The van der Waals surface area contributed by atoms with E-state index in [1.165, 1.54) is 23.6 Å². The number of benzene rings is 4. The molecule has 4 aromatic carbocycles. The number of fused-ring (bicyclic) bond motifs is 2. The smallest absolute Gasteiger partial charge is 0.347 e. The van der Waals surface area contributed by atoms with E-state index in [0.29, 0.717) is 22.4 Å². The zero-order chi connectivity index (χ0) is 39.6. The summed E-state index contributed by atoms with van der Waals surface area (Å²) in [6, 6.07) is 26.2. The summed E-state index contributed by atoms with van der Waals surface area (Å²) in [4.78, 5) is 30.8. The van der Waals surface area contributed by atoms with E-state index in [1.54, 1.807) is 37.3 Å². The summed E-state index contributed by atoms with van der Waals surface area (Å²) in [5.41, 5.74) is 5.92. The number of ether oxygens (including phenoxy) is 4. The molecule has 8 rings (SSSR count). The van der Waals surface area contributed by atoms with Crippen LogP contribution in [0.4, 0.5) is 0 Å². The molecule has 2 unspecified atom stereocenters. The maximum Gasteiger partial charge on any atom is 0.347 e. The fraction of sp³-hybridized carbons (Fsp3) is 0.220. The van der Waals surface area contributed by atoms with E-state index in [1.807, 2.05) is 42.5 Å². The van der Waals surface area contributed by atoms with Crippen LogP contribution in [-0.2, 0) is 22.7 Å². The number of thiazole rings is 2. The number of aryl methyl sites for hydroxylation is 4. The third kappa shape index (κ3) is 8.85. The second-order valence-corrected chi connectivity index (χ2v) is 17.2. The zero-order valence-electron chi connectivity index (χ0n) is 30.4. The first kappa shape index (κ1) is 38.5. The van der Waals surface area contributed by atoms with Gasteiger partial charge in [0.05, 0.1) is 16.8 Å². The average molecular weight is 813 g/mol. The zero-order valence-corrected chi connectivity index (χ0v) is 32.9. The lowest BCUT2D eigenvalue weighted by molar-refractivity contribution is 0.0690. The van der Waals surface area contributed by atoms with E-state index in [9.17, 15) is 18.0 Å². The number of rotatable bonds is 9. The monoisotopic (exact) mass is 812 g/mol. The van der Waals surface area contributed by atoms with Gasteiger partial charge in [-0.3, -0.25) is 0 Å². The van der Waals surface area contributed by atoms with E-state index in [0.717, 1.165) is 76.5 Å². The first-order chi connectivity index (χ1) is 26.8. The van der Waals surface area contributed by atoms with Crippen molar-refractivity contribution in [3.05, 3.63) is 134 Å². The molecule has 0 saturated heterocycles. The number of hydrogen-bond acceptors (Lipinski definition) is 12. The topological polar surface area (TPSA) is 171 Å². The van der Waals surface area contributed by atoms with Crippen LogP contribution in [0.3, 0.4) is 0 Å². The Morgan fingerprint density at radius 3 is 1.95 bits per heavy atom. The number of hydrogen-bond donors (Lipinski definition) is 2. The number of sulfone groups is 1. The highest BCUT2D eigenvalue weighted by Crippen LogP contribution is 2.40. The molecule has 0 amide bonds. The Morgan fingerprint density at radius 2 is 1.38 bits per heavy atom. The lowest BCUT2D eigenvalue weighted by Crippen LogP contribution is -2.16. The van der Waals surface area contributed by atoms with Crippen molar-refractivity contribution >= 4 is 44.4 Å². The molecule has 0 aliphatic carbocycles. The molecular weight excluding hydrogens is 777 g/mol. The minimum Gasteiger partial charge on any atom is -0.485 e. The van der Waals surface area contributed by atoms with Crippen LogP contribution in [0.15, 0.2) is 96.0 Å². The highest BCUT2D eigenvalue weighted by molar-refractivity contribution is 7.90. The highest BCUT2D eigenvalue weighted by atomic mass is 32.2. The second-order valence-electron chi connectivity index (χ2n) is 13.2. The van der Waals surface area contributed by atoms with Gasteiger partial charge in [-0.05, 0) is 116 Å². The minimum absolute atomic E-state index is 0.0604. The first-order valence-corrected chi connectivity index (χ1v) is 21.0. The maximum atomic E-state index is 11.6. The molecular formula is C41H36N2O10S3.